The maximum Gasteiger partial charge on any atom is 0.309 e. The molecule has 1 saturated heterocycles. The van der Waals surface area contributed by atoms with E-state index in [2.05, 4.69) is 4.98 Å². The van der Waals surface area contributed by atoms with Crippen LogP contribution in [0.4, 0.5) is 0 Å². The highest BCUT2D eigenvalue weighted by Gasteiger charge is 2.41. The first-order chi connectivity index (χ1) is 8.56. The summed E-state index contributed by atoms with van der Waals surface area (Å²) >= 11 is 0. The molecule has 1 N–H and O–H groups in total. The van der Waals surface area contributed by atoms with Crippen LogP contribution in [0.15, 0.2) is 12.4 Å². The number of hydrogen-bond donors (Lipinski definition) is 1. The molecule has 1 fully saturated rings. The zero-order valence-electron chi connectivity index (χ0n) is 10.5. The molecule has 2 unspecified atom stereocenters. The highest BCUT2D eigenvalue weighted by Crippen LogP contribution is 2.35. The number of carboxylic acids is 1. The number of aryl methyl sites for hydroxylation is 1. The number of likely N-dealkylation sites (tertiary alicyclic amines) is 1. The molecule has 0 spiro atoms. The fourth-order valence-corrected chi connectivity index (χ4v) is 2.57. The van der Waals surface area contributed by atoms with E-state index in [-0.39, 0.29) is 5.91 Å². The number of imidazole rings is 1. The first kappa shape index (κ1) is 12.6. The Morgan fingerprint density at radius 3 is 2.83 bits per heavy atom. The van der Waals surface area contributed by atoms with Crippen molar-refractivity contribution >= 4 is 11.9 Å². The van der Waals surface area contributed by atoms with Gasteiger partial charge in [-0.2, -0.15) is 0 Å². The normalized spacial score (nSPS) is 24.3. The molecule has 6 nitrogen and oxygen atoms in total. The molecule has 0 aromatic carbocycles. The standard InChI is InChI=1S/C12H17N3O3/c1-3-15-9(16)5-4-8(12(17)18)10(15)11-13-6-7-14(11)2/h6-8,10H,3-5H2,1-2H3,(H,17,18). The van der Waals surface area contributed by atoms with Crippen molar-refractivity contribution < 1.29 is 14.7 Å². The van der Waals surface area contributed by atoms with Crippen LogP contribution in [0.3, 0.4) is 0 Å². The Labute approximate surface area is 105 Å². The molecule has 6 heteroatoms. The molecule has 1 aromatic heterocycles. The van der Waals surface area contributed by atoms with Crippen molar-refractivity contribution in [3.8, 4) is 0 Å². The molecule has 2 heterocycles. The Hall–Kier alpha value is -1.85. The van der Waals surface area contributed by atoms with Crippen LogP contribution in [0.5, 0.6) is 0 Å². The lowest BCUT2D eigenvalue weighted by molar-refractivity contribution is -0.152. The van der Waals surface area contributed by atoms with Crippen LogP contribution in [-0.2, 0) is 16.6 Å². The van der Waals surface area contributed by atoms with Gasteiger partial charge in [-0.05, 0) is 13.3 Å². The fraction of sp³-hybridized carbons (Fsp3) is 0.583. The second-order valence-corrected chi connectivity index (χ2v) is 4.50. The number of rotatable bonds is 3. The Balaban J connectivity index is 2.43. The maximum absolute atomic E-state index is 11.9. The van der Waals surface area contributed by atoms with Crippen LogP contribution >= 0.6 is 0 Å². The number of nitrogens with zero attached hydrogens (tertiary/aromatic N) is 3. The smallest absolute Gasteiger partial charge is 0.309 e. The molecular formula is C12H17N3O3. The van der Waals surface area contributed by atoms with E-state index < -0.39 is 17.9 Å². The van der Waals surface area contributed by atoms with Gasteiger partial charge in [0.1, 0.15) is 11.9 Å². The van der Waals surface area contributed by atoms with Gasteiger partial charge in [-0.3, -0.25) is 9.59 Å². The Kier molecular flexibility index (Phi) is 3.36. The summed E-state index contributed by atoms with van der Waals surface area (Å²) < 4.78 is 1.78. The Morgan fingerprint density at radius 1 is 1.61 bits per heavy atom. The van der Waals surface area contributed by atoms with Crippen molar-refractivity contribution in [1.82, 2.24) is 14.5 Å². The minimum absolute atomic E-state index is 0.00278. The van der Waals surface area contributed by atoms with Gasteiger partial charge in [-0.25, -0.2) is 4.98 Å². The summed E-state index contributed by atoms with van der Waals surface area (Å²) in [5.41, 5.74) is 0. The van der Waals surface area contributed by atoms with Crippen LogP contribution in [0.25, 0.3) is 0 Å². The van der Waals surface area contributed by atoms with Crippen molar-refractivity contribution in [2.75, 3.05) is 6.54 Å². The average Bonchev–Trinajstić information content (AvgIpc) is 2.74. The van der Waals surface area contributed by atoms with E-state index in [4.69, 9.17) is 0 Å². The van der Waals surface area contributed by atoms with Gasteiger partial charge in [0.25, 0.3) is 0 Å². The van der Waals surface area contributed by atoms with E-state index in [1.165, 1.54) is 0 Å². The van der Waals surface area contributed by atoms with Crippen LogP contribution in [-0.4, -0.2) is 38.0 Å². The van der Waals surface area contributed by atoms with Gasteiger partial charge >= 0.3 is 5.97 Å². The van der Waals surface area contributed by atoms with E-state index >= 15 is 0 Å². The van der Waals surface area contributed by atoms with E-state index in [0.717, 1.165) is 0 Å². The fourth-order valence-electron chi connectivity index (χ4n) is 2.57. The summed E-state index contributed by atoms with van der Waals surface area (Å²) in [6.07, 6.45) is 4.07. The van der Waals surface area contributed by atoms with Gasteiger partial charge in [-0.15, -0.1) is 0 Å². The van der Waals surface area contributed by atoms with Crippen molar-refractivity contribution in [1.29, 1.82) is 0 Å². The van der Waals surface area contributed by atoms with Crippen LogP contribution in [0.2, 0.25) is 0 Å². The predicted molar refractivity (Wildman–Crippen MR) is 63.7 cm³/mol. The third-order valence-corrected chi connectivity index (χ3v) is 3.49. The quantitative estimate of drug-likeness (QED) is 0.862. The number of carbonyl (C=O) groups is 2. The van der Waals surface area contributed by atoms with Gasteiger partial charge in [0.2, 0.25) is 5.91 Å². The summed E-state index contributed by atoms with van der Waals surface area (Å²) in [6, 6.07) is -0.464. The summed E-state index contributed by atoms with van der Waals surface area (Å²) in [4.78, 5) is 29.1. The molecule has 1 aliphatic heterocycles. The van der Waals surface area contributed by atoms with Crippen molar-refractivity contribution in [2.45, 2.75) is 25.8 Å². The monoisotopic (exact) mass is 251 g/mol. The molecular weight excluding hydrogens is 234 g/mol. The first-order valence-corrected chi connectivity index (χ1v) is 6.05. The molecule has 0 bridgehead atoms. The van der Waals surface area contributed by atoms with Gasteiger partial charge in [0.15, 0.2) is 0 Å². The second-order valence-electron chi connectivity index (χ2n) is 4.50. The number of aliphatic carboxylic acids is 1. The minimum atomic E-state index is -0.867. The molecule has 18 heavy (non-hydrogen) atoms. The Bertz CT molecular complexity index is 467. The molecule has 0 saturated carbocycles. The molecule has 1 amide bonds. The summed E-state index contributed by atoms with van der Waals surface area (Å²) in [5.74, 6) is -0.807. The number of hydrogen-bond acceptors (Lipinski definition) is 3. The summed E-state index contributed by atoms with van der Waals surface area (Å²) in [6.45, 7) is 2.36. The van der Waals surface area contributed by atoms with Gasteiger partial charge < -0.3 is 14.6 Å². The zero-order valence-corrected chi connectivity index (χ0v) is 10.5. The molecule has 2 atom stereocenters. The van der Waals surface area contributed by atoms with Crippen LogP contribution in [0, 0.1) is 5.92 Å². The highest BCUT2D eigenvalue weighted by molar-refractivity contribution is 5.81. The van der Waals surface area contributed by atoms with Crippen LogP contribution < -0.4 is 0 Å². The van der Waals surface area contributed by atoms with Crippen LogP contribution in [0.1, 0.15) is 31.6 Å². The topological polar surface area (TPSA) is 75.4 Å². The average molecular weight is 251 g/mol. The third kappa shape index (κ3) is 1.98. The molecule has 0 aliphatic carbocycles. The first-order valence-electron chi connectivity index (χ1n) is 6.05. The lowest BCUT2D eigenvalue weighted by atomic mass is 9.88. The van der Waals surface area contributed by atoms with Crippen molar-refractivity contribution in [2.24, 2.45) is 13.0 Å². The van der Waals surface area contributed by atoms with Gasteiger partial charge in [-0.1, -0.05) is 0 Å². The van der Waals surface area contributed by atoms with E-state index in [1.807, 2.05) is 14.0 Å². The number of piperidine rings is 1. The largest absolute Gasteiger partial charge is 0.481 e. The summed E-state index contributed by atoms with van der Waals surface area (Å²) in [5, 5.41) is 9.32. The molecule has 1 aromatic rings. The molecule has 98 valence electrons. The van der Waals surface area contributed by atoms with Gasteiger partial charge in [0.05, 0.1) is 5.92 Å². The zero-order chi connectivity index (χ0) is 13.3. The lowest BCUT2D eigenvalue weighted by Crippen LogP contribution is -2.46. The lowest BCUT2D eigenvalue weighted by Gasteiger charge is -2.38. The van der Waals surface area contributed by atoms with E-state index in [9.17, 15) is 14.7 Å². The van der Waals surface area contributed by atoms with Crippen molar-refractivity contribution in [3.05, 3.63) is 18.2 Å². The number of carbonyl (C=O) groups excluding carboxylic acids is 1. The second kappa shape index (κ2) is 4.80. The third-order valence-electron chi connectivity index (χ3n) is 3.49. The highest BCUT2D eigenvalue weighted by atomic mass is 16.4. The molecule has 2 rings (SSSR count). The predicted octanol–water partition coefficient (Wildman–Crippen LogP) is 0.804. The summed E-state index contributed by atoms with van der Waals surface area (Å²) in [7, 11) is 1.81. The number of amides is 1. The number of aromatic nitrogens is 2. The minimum Gasteiger partial charge on any atom is -0.481 e. The van der Waals surface area contributed by atoms with Gasteiger partial charge in [0, 0.05) is 32.4 Å². The molecule has 1 aliphatic rings. The number of carboxylic acid groups (broad SMARTS) is 1. The SMILES string of the molecule is CCN1C(=O)CCC(C(=O)O)C1c1nccn1C. The Morgan fingerprint density at radius 2 is 2.33 bits per heavy atom. The van der Waals surface area contributed by atoms with Crippen molar-refractivity contribution in [3.63, 3.8) is 0 Å². The maximum atomic E-state index is 11.9. The van der Waals surface area contributed by atoms with E-state index in [1.54, 1.807) is 21.9 Å². The molecule has 0 radical (unpaired) electrons. The van der Waals surface area contributed by atoms with E-state index in [0.29, 0.717) is 25.2 Å².